The molecule has 2 amide bonds. The summed E-state index contributed by atoms with van der Waals surface area (Å²) in [5.41, 5.74) is 4.83. The fraction of sp³-hybridized carbons (Fsp3) is 0.700. The Hall–Kier alpha value is -1.63. The molecule has 0 saturated carbocycles. The van der Waals surface area contributed by atoms with Gasteiger partial charge in [0.05, 0.1) is 7.11 Å². The second kappa shape index (κ2) is 7.61. The molecule has 0 aliphatic carbocycles. The largest absolute Gasteiger partial charge is 0.467 e. The lowest BCUT2D eigenvalue weighted by atomic mass is 10.0. The first-order valence-electron chi connectivity index (χ1n) is 5.11. The number of carbonyl (C=O) groups is 3. The lowest BCUT2D eigenvalue weighted by molar-refractivity contribution is -0.147. The molecule has 7 heteroatoms. The minimum atomic E-state index is -0.732. The van der Waals surface area contributed by atoms with Crippen molar-refractivity contribution in [2.24, 2.45) is 11.7 Å². The second-order valence-electron chi connectivity index (χ2n) is 3.77. The maximum atomic E-state index is 11.4. The molecule has 0 heterocycles. The van der Waals surface area contributed by atoms with Crippen LogP contribution in [0.3, 0.4) is 0 Å². The zero-order valence-corrected chi connectivity index (χ0v) is 10.2. The van der Waals surface area contributed by atoms with Crippen molar-refractivity contribution >= 4 is 17.8 Å². The molecule has 1 unspecified atom stereocenters. The van der Waals surface area contributed by atoms with E-state index in [0.717, 1.165) is 0 Å². The van der Waals surface area contributed by atoms with Gasteiger partial charge in [-0.3, -0.25) is 9.59 Å². The molecule has 0 aliphatic rings. The number of esters is 1. The molecule has 1 atom stereocenters. The SMILES string of the molecule is COC(=O)C(NC(=O)COCC(N)=O)C(C)C. The second-order valence-corrected chi connectivity index (χ2v) is 3.77. The summed E-state index contributed by atoms with van der Waals surface area (Å²) >= 11 is 0. The fourth-order valence-electron chi connectivity index (χ4n) is 1.08. The van der Waals surface area contributed by atoms with Crippen LogP contribution in [0.4, 0.5) is 0 Å². The summed E-state index contributed by atoms with van der Waals surface area (Å²) in [7, 11) is 1.24. The highest BCUT2D eigenvalue weighted by molar-refractivity contribution is 5.85. The Bertz CT molecular complexity index is 290. The zero-order valence-electron chi connectivity index (χ0n) is 10.2. The van der Waals surface area contributed by atoms with Gasteiger partial charge in [-0.25, -0.2) is 4.79 Å². The third-order valence-electron chi connectivity index (χ3n) is 1.92. The Morgan fingerprint density at radius 3 is 2.24 bits per heavy atom. The smallest absolute Gasteiger partial charge is 0.328 e. The van der Waals surface area contributed by atoms with Crippen LogP contribution in [0.25, 0.3) is 0 Å². The molecular weight excluding hydrogens is 228 g/mol. The molecule has 0 saturated heterocycles. The highest BCUT2D eigenvalue weighted by atomic mass is 16.5. The van der Waals surface area contributed by atoms with Gasteiger partial charge < -0.3 is 20.5 Å². The maximum Gasteiger partial charge on any atom is 0.328 e. The van der Waals surface area contributed by atoms with Crippen molar-refractivity contribution in [3.8, 4) is 0 Å². The van der Waals surface area contributed by atoms with Crippen LogP contribution >= 0.6 is 0 Å². The van der Waals surface area contributed by atoms with E-state index < -0.39 is 23.8 Å². The molecule has 98 valence electrons. The van der Waals surface area contributed by atoms with Gasteiger partial charge in [0.15, 0.2) is 0 Å². The number of amides is 2. The van der Waals surface area contributed by atoms with E-state index in [1.165, 1.54) is 7.11 Å². The predicted molar refractivity (Wildman–Crippen MR) is 58.8 cm³/mol. The topological polar surface area (TPSA) is 108 Å². The zero-order chi connectivity index (χ0) is 13.4. The van der Waals surface area contributed by atoms with Gasteiger partial charge >= 0.3 is 5.97 Å². The third kappa shape index (κ3) is 6.52. The van der Waals surface area contributed by atoms with Gasteiger partial charge in [0.2, 0.25) is 11.8 Å². The van der Waals surface area contributed by atoms with Gasteiger partial charge in [-0.15, -0.1) is 0 Å². The van der Waals surface area contributed by atoms with Gasteiger partial charge in [-0.2, -0.15) is 0 Å². The lowest BCUT2D eigenvalue weighted by Crippen LogP contribution is -2.46. The van der Waals surface area contributed by atoms with Crippen LogP contribution in [-0.2, 0) is 23.9 Å². The highest BCUT2D eigenvalue weighted by Crippen LogP contribution is 2.03. The molecule has 0 aliphatic heterocycles. The molecule has 0 radical (unpaired) electrons. The van der Waals surface area contributed by atoms with Crippen LogP contribution in [0.1, 0.15) is 13.8 Å². The van der Waals surface area contributed by atoms with Gasteiger partial charge in [-0.05, 0) is 5.92 Å². The van der Waals surface area contributed by atoms with Crippen molar-refractivity contribution in [2.75, 3.05) is 20.3 Å². The molecule has 3 N–H and O–H groups in total. The van der Waals surface area contributed by atoms with Gasteiger partial charge in [0.25, 0.3) is 0 Å². The predicted octanol–water partition coefficient (Wildman–Crippen LogP) is -1.20. The first kappa shape index (κ1) is 15.4. The lowest BCUT2D eigenvalue weighted by Gasteiger charge is -2.19. The average molecular weight is 246 g/mol. The van der Waals surface area contributed by atoms with E-state index in [9.17, 15) is 14.4 Å². The normalized spacial score (nSPS) is 12.0. The molecule has 17 heavy (non-hydrogen) atoms. The molecule has 0 aromatic heterocycles. The maximum absolute atomic E-state index is 11.4. The fourth-order valence-corrected chi connectivity index (χ4v) is 1.08. The Morgan fingerprint density at radius 2 is 1.82 bits per heavy atom. The molecule has 7 nitrogen and oxygen atoms in total. The van der Waals surface area contributed by atoms with Crippen LogP contribution in [0, 0.1) is 5.92 Å². The summed E-state index contributed by atoms with van der Waals surface area (Å²) in [5, 5.41) is 2.45. The Kier molecular flexibility index (Phi) is 6.88. The number of nitrogens with two attached hydrogens (primary N) is 1. The van der Waals surface area contributed by atoms with Crippen molar-refractivity contribution in [3.63, 3.8) is 0 Å². The van der Waals surface area contributed by atoms with E-state index in [1.807, 2.05) is 0 Å². The molecular formula is C10H18N2O5. The number of hydrogen-bond acceptors (Lipinski definition) is 5. The summed E-state index contributed by atoms with van der Waals surface area (Å²) in [6.45, 7) is 2.87. The van der Waals surface area contributed by atoms with E-state index in [1.54, 1.807) is 13.8 Å². The minimum absolute atomic E-state index is 0.109. The first-order chi connectivity index (χ1) is 7.88. The average Bonchev–Trinajstić information content (AvgIpc) is 2.24. The number of hydrogen-bond donors (Lipinski definition) is 2. The molecule has 0 bridgehead atoms. The van der Waals surface area contributed by atoms with E-state index >= 15 is 0 Å². The van der Waals surface area contributed by atoms with Crippen LogP contribution in [0.15, 0.2) is 0 Å². The quantitative estimate of drug-likeness (QED) is 0.549. The van der Waals surface area contributed by atoms with Crippen LogP contribution in [0.2, 0.25) is 0 Å². The standard InChI is InChI=1S/C10H18N2O5/c1-6(2)9(10(15)16-3)12-8(14)5-17-4-7(11)13/h6,9H,4-5H2,1-3H3,(H2,11,13)(H,12,14). The van der Waals surface area contributed by atoms with E-state index in [-0.39, 0.29) is 19.1 Å². The Labute approximate surface area is 99.6 Å². The number of nitrogens with one attached hydrogen (secondary N) is 1. The van der Waals surface area contributed by atoms with Crippen molar-refractivity contribution in [1.82, 2.24) is 5.32 Å². The van der Waals surface area contributed by atoms with Crippen molar-refractivity contribution in [3.05, 3.63) is 0 Å². The molecule has 0 fully saturated rings. The minimum Gasteiger partial charge on any atom is -0.467 e. The summed E-state index contributed by atoms with van der Waals surface area (Å²) in [6.07, 6.45) is 0. The van der Waals surface area contributed by atoms with Gasteiger partial charge in [0.1, 0.15) is 19.3 Å². The van der Waals surface area contributed by atoms with E-state index in [4.69, 9.17) is 10.5 Å². The number of primary amides is 1. The Balaban J connectivity index is 4.13. The van der Waals surface area contributed by atoms with Crippen molar-refractivity contribution < 1.29 is 23.9 Å². The van der Waals surface area contributed by atoms with E-state index in [2.05, 4.69) is 10.1 Å². The number of carbonyl (C=O) groups excluding carboxylic acids is 3. The monoisotopic (exact) mass is 246 g/mol. The van der Waals surface area contributed by atoms with Crippen LogP contribution < -0.4 is 11.1 Å². The number of ether oxygens (including phenoxy) is 2. The van der Waals surface area contributed by atoms with Crippen LogP contribution in [-0.4, -0.2) is 44.1 Å². The summed E-state index contributed by atoms with van der Waals surface area (Å²) in [5.74, 6) is -1.80. The number of rotatable bonds is 7. The molecule has 0 rings (SSSR count). The third-order valence-corrected chi connectivity index (χ3v) is 1.92. The van der Waals surface area contributed by atoms with Gasteiger partial charge in [0, 0.05) is 0 Å². The molecule has 0 spiro atoms. The van der Waals surface area contributed by atoms with Gasteiger partial charge in [-0.1, -0.05) is 13.8 Å². The summed E-state index contributed by atoms with van der Waals surface area (Å²) in [4.78, 5) is 33.0. The first-order valence-corrected chi connectivity index (χ1v) is 5.11. The molecule has 0 aromatic carbocycles. The van der Waals surface area contributed by atoms with Crippen molar-refractivity contribution in [2.45, 2.75) is 19.9 Å². The number of methoxy groups -OCH3 is 1. The molecule has 0 aromatic rings. The van der Waals surface area contributed by atoms with Crippen molar-refractivity contribution in [1.29, 1.82) is 0 Å². The Morgan fingerprint density at radius 1 is 1.24 bits per heavy atom. The van der Waals surface area contributed by atoms with Crippen LogP contribution in [0.5, 0.6) is 0 Å². The summed E-state index contributed by atoms with van der Waals surface area (Å²) < 4.78 is 9.26. The highest BCUT2D eigenvalue weighted by Gasteiger charge is 2.24. The summed E-state index contributed by atoms with van der Waals surface area (Å²) in [6, 6.07) is -0.732. The van der Waals surface area contributed by atoms with E-state index in [0.29, 0.717) is 0 Å².